The van der Waals surface area contributed by atoms with Crippen molar-refractivity contribution in [3.05, 3.63) is 29.6 Å². The second kappa shape index (κ2) is 6.68. The summed E-state index contributed by atoms with van der Waals surface area (Å²) < 4.78 is 0. The van der Waals surface area contributed by atoms with Crippen molar-refractivity contribution in [2.75, 3.05) is 13.1 Å². The molecular formula is C17H27N3. The number of nitrogens with zero attached hydrogens (tertiary/aromatic N) is 2. The van der Waals surface area contributed by atoms with E-state index in [1.807, 2.05) is 0 Å². The number of rotatable bonds is 5. The van der Waals surface area contributed by atoms with Gasteiger partial charge in [0.05, 0.1) is 11.4 Å². The number of aromatic nitrogens is 1. The van der Waals surface area contributed by atoms with Crippen molar-refractivity contribution in [3.63, 3.8) is 0 Å². The van der Waals surface area contributed by atoms with Crippen molar-refractivity contribution in [2.45, 2.75) is 58.2 Å². The van der Waals surface area contributed by atoms with E-state index < -0.39 is 0 Å². The van der Waals surface area contributed by atoms with Gasteiger partial charge in [-0.2, -0.15) is 0 Å². The molecule has 1 atom stereocenters. The zero-order chi connectivity index (χ0) is 13.8. The maximum Gasteiger partial charge on any atom is 0.0547 e. The van der Waals surface area contributed by atoms with E-state index in [1.54, 1.807) is 0 Å². The number of nitrogens with one attached hydrogen (secondary N) is 1. The van der Waals surface area contributed by atoms with Crippen LogP contribution in [0.5, 0.6) is 0 Å². The van der Waals surface area contributed by atoms with Crippen LogP contribution in [0.15, 0.2) is 18.2 Å². The first-order valence-corrected chi connectivity index (χ1v) is 8.20. The fourth-order valence-corrected chi connectivity index (χ4v) is 2.96. The Kier molecular flexibility index (Phi) is 4.69. The maximum absolute atomic E-state index is 4.81. The van der Waals surface area contributed by atoms with Crippen molar-refractivity contribution in [1.29, 1.82) is 0 Å². The Balaban J connectivity index is 1.54. The minimum absolute atomic E-state index is 0.757. The van der Waals surface area contributed by atoms with Crippen LogP contribution in [0.1, 0.15) is 50.4 Å². The van der Waals surface area contributed by atoms with Gasteiger partial charge in [0.2, 0.25) is 0 Å². The monoisotopic (exact) mass is 273 g/mol. The van der Waals surface area contributed by atoms with Crippen LogP contribution in [0, 0.1) is 5.92 Å². The van der Waals surface area contributed by atoms with Gasteiger partial charge >= 0.3 is 0 Å². The third kappa shape index (κ3) is 4.29. The topological polar surface area (TPSA) is 28.2 Å². The molecule has 1 saturated carbocycles. The molecular weight excluding hydrogens is 246 g/mol. The molecule has 0 bridgehead atoms. The van der Waals surface area contributed by atoms with Crippen molar-refractivity contribution in [2.24, 2.45) is 5.92 Å². The lowest BCUT2D eigenvalue weighted by Gasteiger charge is -2.19. The Morgan fingerprint density at radius 1 is 1.15 bits per heavy atom. The summed E-state index contributed by atoms with van der Waals surface area (Å²) >= 11 is 0. The van der Waals surface area contributed by atoms with E-state index >= 15 is 0 Å². The molecule has 20 heavy (non-hydrogen) atoms. The number of hydrogen-bond acceptors (Lipinski definition) is 3. The van der Waals surface area contributed by atoms with Crippen LogP contribution in [-0.4, -0.2) is 29.0 Å². The smallest absolute Gasteiger partial charge is 0.0547 e. The summed E-state index contributed by atoms with van der Waals surface area (Å²) in [6.07, 6.45) is 6.74. The van der Waals surface area contributed by atoms with Crippen LogP contribution >= 0.6 is 0 Å². The maximum atomic E-state index is 4.81. The van der Waals surface area contributed by atoms with Crippen LogP contribution in [0.4, 0.5) is 0 Å². The van der Waals surface area contributed by atoms with Gasteiger partial charge in [-0.1, -0.05) is 13.0 Å². The molecule has 2 heterocycles. The molecule has 2 fully saturated rings. The summed E-state index contributed by atoms with van der Waals surface area (Å²) in [6, 6.07) is 7.23. The molecule has 1 aromatic rings. The molecule has 1 N–H and O–H groups in total. The molecule has 0 spiro atoms. The average molecular weight is 273 g/mol. The second-order valence-corrected chi connectivity index (χ2v) is 6.59. The van der Waals surface area contributed by atoms with Crippen molar-refractivity contribution in [1.82, 2.24) is 15.2 Å². The van der Waals surface area contributed by atoms with Crippen molar-refractivity contribution in [3.8, 4) is 0 Å². The van der Waals surface area contributed by atoms with Crippen LogP contribution in [0.25, 0.3) is 0 Å². The number of hydrogen-bond donors (Lipinski definition) is 1. The zero-order valence-corrected chi connectivity index (χ0v) is 12.6. The molecule has 3 rings (SSSR count). The van der Waals surface area contributed by atoms with E-state index in [9.17, 15) is 0 Å². The van der Waals surface area contributed by atoms with Gasteiger partial charge in [0.15, 0.2) is 0 Å². The summed E-state index contributed by atoms with van der Waals surface area (Å²) in [5.74, 6) is 0.891. The Labute approximate surface area is 122 Å². The van der Waals surface area contributed by atoms with Gasteiger partial charge < -0.3 is 5.32 Å². The highest BCUT2D eigenvalue weighted by Crippen LogP contribution is 2.19. The summed E-state index contributed by atoms with van der Waals surface area (Å²) in [6.45, 7) is 6.79. The second-order valence-electron chi connectivity index (χ2n) is 6.59. The Morgan fingerprint density at radius 3 is 2.85 bits per heavy atom. The first-order valence-electron chi connectivity index (χ1n) is 8.20. The van der Waals surface area contributed by atoms with Gasteiger partial charge in [-0.25, -0.2) is 0 Å². The van der Waals surface area contributed by atoms with Gasteiger partial charge in [-0.3, -0.25) is 9.88 Å². The molecule has 1 aliphatic heterocycles. The third-order valence-electron chi connectivity index (χ3n) is 4.51. The van der Waals surface area contributed by atoms with Gasteiger partial charge in [-0.05, 0) is 63.2 Å². The quantitative estimate of drug-likeness (QED) is 0.894. The minimum Gasteiger partial charge on any atom is -0.308 e. The third-order valence-corrected chi connectivity index (χ3v) is 4.51. The molecule has 1 saturated heterocycles. The van der Waals surface area contributed by atoms with E-state index in [1.165, 1.54) is 56.6 Å². The predicted molar refractivity (Wildman–Crippen MR) is 82.4 cm³/mol. The SMILES string of the molecule is CC1CCCN(Cc2cccc(CNC3CC3)n2)CC1. The van der Waals surface area contributed by atoms with Crippen LogP contribution in [0.2, 0.25) is 0 Å². The normalized spacial score (nSPS) is 24.6. The molecule has 3 nitrogen and oxygen atoms in total. The van der Waals surface area contributed by atoms with Crippen molar-refractivity contribution < 1.29 is 0 Å². The van der Waals surface area contributed by atoms with Crippen LogP contribution in [-0.2, 0) is 13.1 Å². The molecule has 0 aromatic carbocycles. The molecule has 1 aliphatic carbocycles. The first kappa shape index (κ1) is 14.0. The van der Waals surface area contributed by atoms with Gasteiger partial charge in [-0.15, -0.1) is 0 Å². The highest BCUT2D eigenvalue weighted by atomic mass is 15.1. The fraction of sp³-hybridized carbons (Fsp3) is 0.706. The Morgan fingerprint density at radius 2 is 2.00 bits per heavy atom. The standard InChI is InChI=1S/C17H27N3/c1-14-4-3-10-20(11-9-14)13-17-6-2-5-16(19-17)12-18-15-7-8-15/h2,5-6,14-15,18H,3-4,7-13H2,1H3. The van der Waals surface area contributed by atoms with Gasteiger partial charge in [0.25, 0.3) is 0 Å². The first-order chi connectivity index (χ1) is 9.79. The van der Waals surface area contributed by atoms with E-state index in [0.717, 1.165) is 25.0 Å². The Hall–Kier alpha value is -0.930. The van der Waals surface area contributed by atoms with E-state index in [4.69, 9.17) is 4.98 Å². The largest absolute Gasteiger partial charge is 0.308 e. The Bertz CT molecular complexity index is 428. The molecule has 0 radical (unpaired) electrons. The number of pyridine rings is 1. The summed E-state index contributed by atoms with van der Waals surface area (Å²) in [7, 11) is 0. The minimum atomic E-state index is 0.757. The van der Waals surface area contributed by atoms with Gasteiger partial charge in [0.1, 0.15) is 0 Å². The van der Waals surface area contributed by atoms with E-state index in [2.05, 4.69) is 35.3 Å². The molecule has 0 amide bonds. The zero-order valence-electron chi connectivity index (χ0n) is 12.6. The molecule has 110 valence electrons. The lowest BCUT2D eigenvalue weighted by Crippen LogP contribution is -2.25. The molecule has 1 aromatic heterocycles. The molecule has 2 aliphatic rings. The summed E-state index contributed by atoms with van der Waals surface area (Å²) in [4.78, 5) is 7.39. The predicted octanol–water partition coefficient (Wildman–Crippen LogP) is 2.96. The lowest BCUT2D eigenvalue weighted by atomic mass is 10.0. The van der Waals surface area contributed by atoms with Crippen LogP contribution in [0.3, 0.4) is 0 Å². The molecule has 3 heteroatoms. The lowest BCUT2D eigenvalue weighted by molar-refractivity contribution is 0.270. The molecule has 1 unspecified atom stereocenters. The van der Waals surface area contributed by atoms with Crippen LogP contribution < -0.4 is 5.32 Å². The average Bonchev–Trinajstić information content (AvgIpc) is 3.27. The van der Waals surface area contributed by atoms with Gasteiger partial charge in [0, 0.05) is 19.1 Å². The van der Waals surface area contributed by atoms with Crippen molar-refractivity contribution >= 4 is 0 Å². The number of likely N-dealkylation sites (tertiary alicyclic amines) is 1. The van der Waals surface area contributed by atoms with E-state index in [-0.39, 0.29) is 0 Å². The van der Waals surface area contributed by atoms with E-state index in [0.29, 0.717) is 0 Å². The highest BCUT2D eigenvalue weighted by molar-refractivity contribution is 5.11. The fourth-order valence-electron chi connectivity index (χ4n) is 2.96. The summed E-state index contributed by atoms with van der Waals surface area (Å²) in [5.41, 5.74) is 2.42. The highest BCUT2D eigenvalue weighted by Gasteiger charge is 2.20. The summed E-state index contributed by atoms with van der Waals surface area (Å²) in [5, 5.41) is 3.54.